The molecule has 0 bridgehead atoms. The Morgan fingerprint density at radius 3 is 3.12 bits per heavy atom. The van der Waals surface area contributed by atoms with Gasteiger partial charge in [-0.15, -0.1) is 0 Å². The number of methoxy groups -OCH3 is 1. The van der Waals surface area contributed by atoms with E-state index >= 15 is 0 Å². The SMILES string of the molecule is CNCC1CCN(c2cccc(OC)c2)C1. The van der Waals surface area contributed by atoms with Crippen LogP contribution >= 0.6 is 0 Å². The fraction of sp³-hybridized carbons (Fsp3) is 0.538. The van der Waals surface area contributed by atoms with Crippen LogP contribution < -0.4 is 15.0 Å². The lowest BCUT2D eigenvalue weighted by Gasteiger charge is -2.19. The van der Waals surface area contributed by atoms with Crippen molar-refractivity contribution in [3.05, 3.63) is 24.3 Å². The van der Waals surface area contributed by atoms with Gasteiger partial charge in [-0.05, 0) is 38.1 Å². The predicted octanol–water partition coefficient (Wildman–Crippen LogP) is 1.74. The Bertz CT molecular complexity index is 340. The highest BCUT2D eigenvalue weighted by atomic mass is 16.5. The van der Waals surface area contributed by atoms with Crippen LogP contribution in [-0.4, -0.2) is 33.8 Å². The van der Waals surface area contributed by atoms with Crippen LogP contribution in [0.3, 0.4) is 0 Å². The third-order valence-electron chi connectivity index (χ3n) is 3.20. The molecule has 0 aromatic heterocycles. The summed E-state index contributed by atoms with van der Waals surface area (Å²) in [7, 11) is 3.74. The van der Waals surface area contributed by atoms with Crippen molar-refractivity contribution in [1.82, 2.24) is 5.32 Å². The molecule has 0 aliphatic carbocycles. The minimum absolute atomic E-state index is 0.774. The van der Waals surface area contributed by atoms with Gasteiger partial charge in [0, 0.05) is 24.8 Å². The van der Waals surface area contributed by atoms with Crippen LogP contribution in [0.4, 0.5) is 5.69 Å². The van der Waals surface area contributed by atoms with Crippen LogP contribution in [0.5, 0.6) is 5.75 Å². The third-order valence-corrected chi connectivity index (χ3v) is 3.20. The predicted molar refractivity (Wildman–Crippen MR) is 67.2 cm³/mol. The smallest absolute Gasteiger partial charge is 0.120 e. The number of hydrogen-bond acceptors (Lipinski definition) is 3. The summed E-state index contributed by atoms with van der Waals surface area (Å²) in [5.41, 5.74) is 1.28. The summed E-state index contributed by atoms with van der Waals surface area (Å²) in [4.78, 5) is 2.44. The minimum Gasteiger partial charge on any atom is -0.497 e. The van der Waals surface area contributed by atoms with Crippen LogP contribution in [0.25, 0.3) is 0 Å². The monoisotopic (exact) mass is 220 g/mol. The molecule has 2 rings (SSSR count). The second-order valence-corrected chi connectivity index (χ2v) is 4.36. The summed E-state index contributed by atoms with van der Waals surface area (Å²) in [5, 5.41) is 3.25. The van der Waals surface area contributed by atoms with Gasteiger partial charge in [-0.3, -0.25) is 0 Å². The first-order valence-corrected chi connectivity index (χ1v) is 5.87. The average molecular weight is 220 g/mol. The minimum atomic E-state index is 0.774. The number of hydrogen-bond donors (Lipinski definition) is 1. The van der Waals surface area contributed by atoms with E-state index in [1.807, 2.05) is 13.1 Å². The molecule has 3 nitrogen and oxygen atoms in total. The van der Waals surface area contributed by atoms with Crippen molar-refractivity contribution in [2.75, 3.05) is 38.7 Å². The van der Waals surface area contributed by atoms with Crippen molar-refractivity contribution in [3.8, 4) is 5.75 Å². The molecule has 0 radical (unpaired) electrons. The topological polar surface area (TPSA) is 24.5 Å². The van der Waals surface area contributed by atoms with Gasteiger partial charge in [0.15, 0.2) is 0 Å². The van der Waals surface area contributed by atoms with Gasteiger partial charge in [0.25, 0.3) is 0 Å². The Morgan fingerprint density at radius 2 is 2.38 bits per heavy atom. The van der Waals surface area contributed by atoms with Crippen LogP contribution in [0, 0.1) is 5.92 Å². The van der Waals surface area contributed by atoms with E-state index in [0.29, 0.717) is 0 Å². The molecule has 1 saturated heterocycles. The van der Waals surface area contributed by atoms with E-state index in [-0.39, 0.29) is 0 Å². The van der Waals surface area contributed by atoms with Gasteiger partial charge >= 0.3 is 0 Å². The zero-order valence-corrected chi connectivity index (χ0v) is 10.1. The van der Waals surface area contributed by atoms with Crippen LogP contribution in [0.15, 0.2) is 24.3 Å². The van der Waals surface area contributed by atoms with Crippen molar-refractivity contribution >= 4 is 5.69 Å². The highest BCUT2D eigenvalue weighted by Crippen LogP contribution is 2.26. The van der Waals surface area contributed by atoms with Gasteiger partial charge in [0.2, 0.25) is 0 Å². The molecule has 1 unspecified atom stereocenters. The maximum atomic E-state index is 5.25. The molecule has 1 heterocycles. The quantitative estimate of drug-likeness (QED) is 0.836. The first-order chi connectivity index (χ1) is 7.83. The van der Waals surface area contributed by atoms with E-state index in [1.54, 1.807) is 7.11 Å². The number of benzene rings is 1. The fourth-order valence-electron chi connectivity index (χ4n) is 2.33. The van der Waals surface area contributed by atoms with E-state index in [0.717, 1.165) is 31.3 Å². The first-order valence-electron chi connectivity index (χ1n) is 5.87. The summed E-state index contributed by atoms with van der Waals surface area (Å²) in [6.07, 6.45) is 1.28. The number of ether oxygens (including phenoxy) is 1. The zero-order chi connectivity index (χ0) is 11.4. The van der Waals surface area contributed by atoms with Gasteiger partial charge in [-0.2, -0.15) is 0 Å². The molecule has 3 heteroatoms. The fourth-order valence-corrected chi connectivity index (χ4v) is 2.33. The van der Waals surface area contributed by atoms with Gasteiger partial charge in [-0.25, -0.2) is 0 Å². The van der Waals surface area contributed by atoms with Crippen molar-refractivity contribution in [2.45, 2.75) is 6.42 Å². The van der Waals surface area contributed by atoms with E-state index < -0.39 is 0 Å². The van der Waals surface area contributed by atoms with Crippen molar-refractivity contribution < 1.29 is 4.74 Å². The summed E-state index contributed by atoms with van der Waals surface area (Å²) in [6.45, 7) is 3.41. The van der Waals surface area contributed by atoms with Gasteiger partial charge in [0.1, 0.15) is 5.75 Å². The van der Waals surface area contributed by atoms with Crippen LogP contribution in [0.2, 0.25) is 0 Å². The third kappa shape index (κ3) is 2.47. The molecule has 88 valence electrons. The average Bonchev–Trinajstić information content (AvgIpc) is 2.78. The van der Waals surface area contributed by atoms with Gasteiger partial charge in [-0.1, -0.05) is 6.07 Å². The van der Waals surface area contributed by atoms with E-state index in [4.69, 9.17) is 4.74 Å². The standard InChI is InChI=1S/C13H20N2O/c1-14-9-11-6-7-15(10-11)12-4-3-5-13(8-12)16-2/h3-5,8,11,14H,6-7,9-10H2,1-2H3. The molecule has 1 atom stereocenters. The normalized spacial score (nSPS) is 20.1. The second kappa shape index (κ2) is 5.21. The first kappa shape index (κ1) is 11.3. The van der Waals surface area contributed by atoms with E-state index in [2.05, 4.69) is 28.4 Å². The number of nitrogens with zero attached hydrogens (tertiary/aromatic N) is 1. The molecule has 16 heavy (non-hydrogen) atoms. The van der Waals surface area contributed by atoms with E-state index in [1.165, 1.54) is 12.1 Å². The number of anilines is 1. The number of rotatable bonds is 4. The second-order valence-electron chi connectivity index (χ2n) is 4.36. The molecular weight excluding hydrogens is 200 g/mol. The van der Waals surface area contributed by atoms with Crippen LogP contribution in [-0.2, 0) is 0 Å². The Labute approximate surface area is 97.4 Å². The largest absolute Gasteiger partial charge is 0.497 e. The summed E-state index contributed by atoms with van der Waals surface area (Å²) in [5.74, 6) is 1.71. The molecule has 1 aliphatic heterocycles. The van der Waals surface area contributed by atoms with Crippen LogP contribution in [0.1, 0.15) is 6.42 Å². The van der Waals surface area contributed by atoms with E-state index in [9.17, 15) is 0 Å². The lowest BCUT2D eigenvalue weighted by atomic mass is 10.1. The summed E-state index contributed by atoms with van der Waals surface area (Å²) in [6, 6.07) is 8.32. The highest BCUT2D eigenvalue weighted by molar-refractivity contribution is 5.51. The van der Waals surface area contributed by atoms with Crippen molar-refractivity contribution in [1.29, 1.82) is 0 Å². The van der Waals surface area contributed by atoms with Gasteiger partial charge < -0.3 is 15.0 Å². The van der Waals surface area contributed by atoms with Gasteiger partial charge in [0.05, 0.1) is 7.11 Å². The molecule has 0 spiro atoms. The maximum Gasteiger partial charge on any atom is 0.120 e. The molecule has 0 amide bonds. The lowest BCUT2D eigenvalue weighted by Crippen LogP contribution is -2.24. The molecule has 1 fully saturated rings. The summed E-state index contributed by atoms with van der Waals surface area (Å²) >= 11 is 0. The zero-order valence-electron chi connectivity index (χ0n) is 10.1. The summed E-state index contributed by atoms with van der Waals surface area (Å²) < 4.78 is 5.25. The number of nitrogens with one attached hydrogen (secondary N) is 1. The maximum absolute atomic E-state index is 5.25. The Hall–Kier alpha value is -1.22. The Morgan fingerprint density at radius 1 is 1.50 bits per heavy atom. The highest BCUT2D eigenvalue weighted by Gasteiger charge is 2.21. The Balaban J connectivity index is 2.02. The molecule has 1 aromatic carbocycles. The van der Waals surface area contributed by atoms with Crippen molar-refractivity contribution in [2.24, 2.45) is 5.92 Å². The van der Waals surface area contributed by atoms with Crippen molar-refractivity contribution in [3.63, 3.8) is 0 Å². The Kier molecular flexibility index (Phi) is 3.67. The molecule has 1 aliphatic rings. The molecular formula is C13H20N2O. The molecule has 1 N–H and O–H groups in total. The lowest BCUT2D eigenvalue weighted by molar-refractivity contribution is 0.415. The molecule has 0 saturated carbocycles. The molecule has 1 aromatic rings.